The van der Waals surface area contributed by atoms with Gasteiger partial charge in [0.15, 0.2) is 0 Å². The molecule has 1 rings (SSSR count). The SMILES string of the molecule is Cn1cncc1CC(C)(C)CBr. The zero-order valence-corrected chi connectivity index (χ0v) is 9.43. The Labute approximate surface area is 82.1 Å². The van der Waals surface area contributed by atoms with Crippen molar-refractivity contribution in [2.45, 2.75) is 20.3 Å². The molecule has 0 fully saturated rings. The minimum Gasteiger partial charge on any atom is -0.338 e. The van der Waals surface area contributed by atoms with Crippen LogP contribution in [0.2, 0.25) is 0 Å². The van der Waals surface area contributed by atoms with Crippen LogP contribution in [0.15, 0.2) is 12.5 Å². The van der Waals surface area contributed by atoms with Gasteiger partial charge in [0.25, 0.3) is 0 Å². The maximum Gasteiger partial charge on any atom is 0.0945 e. The van der Waals surface area contributed by atoms with Gasteiger partial charge in [0.05, 0.1) is 6.33 Å². The minimum atomic E-state index is 0.313. The van der Waals surface area contributed by atoms with Gasteiger partial charge >= 0.3 is 0 Å². The van der Waals surface area contributed by atoms with E-state index < -0.39 is 0 Å². The Morgan fingerprint density at radius 3 is 2.67 bits per heavy atom. The molecule has 0 spiro atoms. The average molecular weight is 231 g/mol. The molecule has 0 bridgehead atoms. The third kappa shape index (κ3) is 2.34. The molecule has 0 atom stereocenters. The first-order valence-electron chi connectivity index (χ1n) is 4.06. The van der Waals surface area contributed by atoms with Crippen molar-refractivity contribution >= 4 is 15.9 Å². The number of halogens is 1. The molecule has 12 heavy (non-hydrogen) atoms. The highest BCUT2D eigenvalue weighted by Gasteiger charge is 2.18. The number of nitrogens with zero attached hydrogens (tertiary/aromatic N) is 2. The maximum atomic E-state index is 4.09. The Bertz CT molecular complexity index is 253. The van der Waals surface area contributed by atoms with Crippen LogP contribution < -0.4 is 0 Å². The van der Waals surface area contributed by atoms with Crippen LogP contribution in [-0.4, -0.2) is 14.9 Å². The average Bonchev–Trinajstić information content (AvgIpc) is 2.36. The summed E-state index contributed by atoms with van der Waals surface area (Å²) in [5.74, 6) is 0. The Morgan fingerprint density at radius 1 is 1.58 bits per heavy atom. The van der Waals surface area contributed by atoms with Gasteiger partial charge < -0.3 is 4.57 Å². The second-order valence-corrected chi connectivity index (χ2v) is 4.53. The summed E-state index contributed by atoms with van der Waals surface area (Å²) < 4.78 is 2.07. The highest BCUT2D eigenvalue weighted by molar-refractivity contribution is 9.09. The molecule has 1 aromatic heterocycles. The van der Waals surface area contributed by atoms with E-state index in [1.165, 1.54) is 5.69 Å². The lowest BCUT2D eigenvalue weighted by molar-refractivity contribution is 0.414. The zero-order chi connectivity index (χ0) is 9.19. The Hall–Kier alpha value is -0.310. The molecule has 0 aliphatic heterocycles. The van der Waals surface area contributed by atoms with E-state index >= 15 is 0 Å². The molecule has 0 saturated carbocycles. The number of hydrogen-bond acceptors (Lipinski definition) is 1. The van der Waals surface area contributed by atoms with Crippen molar-refractivity contribution in [2.75, 3.05) is 5.33 Å². The Balaban J connectivity index is 2.70. The van der Waals surface area contributed by atoms with E-state index in [0.29, 0.717) is 5.41 Å². The van der Waals surface area contributed by atoms with E-state index in [1.807, 2.05) is 19.6 Å². The molecule has 3 heteroatoms. The molecule has 0 radical (unpaired) electrons. The first-order chi connectivity index (χ1) is 5.55. The molecule has 68 valence electrons. The van der Waals surface area contributed by atoms with Crippen LogP contribution in [0.25, 0.3) is 0 Å². The topological polar surface area (TPSA) is 17.8 Å². The van der Waals surface area contributed by atoms with Crippen molar-refractivity contribution in [1.29, 1.82) is 0 Å². The van der Waals surface area contributed by atoms with Gasteiger partial charge in [-0.3, -0.25) is 0 Å². The zero-order valence-electron chi connectivity index (χ0n) is 7.84. The standard InChI is InChI=1S/C9H15BrN2/c1-9(2,6-10)4-8-5-11-7-12(8)3/h5,7H,4,6H2,1-3H3. The van der Waals surface area contributed by atoms with Crippen molar-refractivity contribution < 1.29 is 0 Å². The summed E-state index contributed by atoms with van der Waals surface area (Å²) in [7, 11) is 2.03. The smallest absolute Gasteiger partial charge is 0.0945 e. The summed E-state index contributed by atoms with van der Waals surface area (Å²) in [6.07, 6.45) is 4.85. The molecule has 0 N–H and O–H groups in total. The summed E-state index contributed by atoms with van der Waals surface area (Å²) in [6, 6.07) is 0. The van der Waals surface area contributed by atoms with E-state index in [4.69, 9.17) is 0 Å². The van der Waals surface area contributed by atoms with Crippen molar-refractivity contribution in [2.24, 2.45) is 12.5 Å². The van der Waals surface area contributed by atoms with Crippen LogP contribution in [0, 0.1) is 5.41 Å². The van der Waals surface area contributed by atoms with Crippen molar-refractivity contribution in [3.8, 4) is 0 Å². The lowest BCUT2D eigenvalue weighted by atomic mass is 9.91. The fourth-order valence-corrected chi connectivity index (χ4v) is 1.29. The Kier molecular flexibility index (Phi) is 2.94. The highest BCUT2D eigenvalue weighted by atomic mass is 79.9. The van der Waals surface area contributed by atoms with Gasteiger partial charge in [-0.2, -0.15) is 0 Å². The number of aryl methyl sites for hydroxylation is 1. The van der Waals surface area contributed by atoms with Crippen LogP contribution in [0.1, 0.15) is 19.5 Å². The van der Waals surface area contributed by atoms with E-state index in [2.05, 4.69) is 39.3 Å². The summed E-state index contributed by atoms with van der Waals surface area (Å²) >= 11 is 3.51. The first-order valence-corrected chi connectivity index (χ1v) is 5.18. The molecule has 0 saturated heterocycles. The van der Waals surface area contributed by atoms with Crippen LogP contribution in [-0.2, 0) is 13.5 Å². The molecular formula is C9H15BrN2. The molecule has 0 amide bonds. The number of imidazole rings is 1. The van der Waals surface area contributed by atoms with Gasteiger partial charge in [-0.25, -0.2) is 4.98 Å². The largest absolute Gasteiger partial charge is 0.338 e. The Morgan fingerprint density at radius 2 is 2.25 bits per heavy atom. The third-order valence-corrected chi connectivity index (χ3v) is 3.46. The predicted molar refractivity (Wildman–Crippen MR) is 54.5 cm³/mol. The number of alkyl halides is 1. The lowest BCUT2D eigenvalue weighted by Crippen LogP contribution is -2.18. The first kappa shape index (κ1) is 9.78. The second kappa shape index (κ2) is 3.60. The summed E-state index contributed by atoms with van der Waals surface area (Å²) in [5, 5.41) is 1.02. The van der Waals surface area contributed by atoms with Crippen molar-refractivity contribution in [3.05, 3.63) is 18.2 Å². The molecule has 0 unspecified atom stereocenters. The van der Waals surface area contributed by atoms with Gasteiger partial charge in [-0.05, 0) is 11.8 Å². The molecular weight excluding hydrogens is 216 g/mol. The second-order valence-electron chi connectivity index (χ2n) is 3.97. The number of rotatable bonds is 3. The van der Waals surface area contributed by atoms with E-state index in [1.54, 1.807) is 0 Å². The monoisotopic (exact) mass is 230 g/mol. The van der Waals surface area contributed by atoms with Gasteiger partial charge in [0.1, 0.15) is 0 Å². The summed E-state index contributed by atoms with van der Waals surface area (Å²) in [5.41, 5.74) is 1.60. The van der Waals surface area contributed by atoms with E-state index in [9.17, 15) is 0 Å². The minimum absolute atomic E-state index is 0.313. The van der Waals surface area contributed by atoms with Gasteiger partial charge in [0.2, 0.25) is 0 Å². The van der Waals surface area contributed by atoms with Crippen LogP contribution in [0.3, 0.4) is 0 Å². The van der Waals surface area contributed by atoms with Crippen molar-refractivity contribution in [1.82, 2.24) is 9.55 Å². The van der Waals surface area contributed by atoms with Crippen LogP contribution >= 0.6 is 15.9 Å². The predicted octanol–water partition coefficient (Wildman–Crippen LogP) is 2.38. The van der Waals surface area contributed by atoms with Gasteiger partial charge in [-0.1, -0.05) is 29.8 Å². The van der Waals surface area contributed by atoms with E-state index in [-0.39, 0.29) is 0 Å². The molecule has 0 aliphatic carbocycles. The third-order valence-electron chi connectivity index (χ3n) is 1.94. The molecule has 1 aromatic rings. The maximum absolute atomic E-state index is 4.09. The molecule has 2 nitrogen and oxygen atoms in total. The number of aromatic nitrogens is 2. The van der Waals surface area contributed by atoms with Gasteiger partial charge in [0, 0.05) is 24.3 Å². The molecule has 0 aromatic carbocycles. The fraction of sp³-hybridized carbons (Fsp3) is 0.667. The summed E-state index contributed by atoms with van der Waals surface area (Å²) in [4.78, 5) is 4.09. The lowest BCUT2D eigenvalue weighted by Gasteiger charge is -2.21. The van der Waals surface area contributed by atoms with Crippen molar-refractivity contribution in [3.63, 3.8) is 0 Å². The van der Waals surface area contributed by atoms with Gasteiger partial charge in [-0.15, -0.1) is 0 Å². The highest BCUT2D eigenvalue weighted by Crippen LogP contribution is 2.23. The number of hydrogen-bond donors (Lipinski definition) is 0. The quantitative estimate of drug-likeness (QED) is 0.730. The van der Waals surface area contributed by atoms with E-state index in [0.717, 1.165) is 11.8 Å². The normalized spacial score (nSPS) is 12.0. The molecule has 0 aliphatic rings. The fourth-order valence-electron chi connectivity index (χ4n) is 1.09. The van der Waals surface area contributed by atoms with Crippen LogP contribution in [0.4, 0.5) is 0 Å². The molecule has 1 heterocycles. The van der Waals surface area contributed by atoms with Crippen LogP contribution in [0.5, 0.6) is 0 Å². The summed E-state index contributed by atoms with van der Waals surface area (Å²) in [6.45, 7) is 4.49.